The quantitative estimate of drug-likeness (QED) is 0.128. The molecule has 4 saturated carbocycles. The number of hydrogen-bond donors (Lipinski definition) is 6. The zero-order valence-electron chi connectivity index (χ0n) is 38.3. The summed E-state index contributed by atoms with van der Waals surface area (Å²) in [5.41, 5.74) is 6.15. The van der Waals surface area contributed by atoms with E-state index in [1.165, 1.54) is 11.1 Å². The maximum Gasteiger partial charge on any atom is 0.162 e. The van der Waals surface area contributed by atoms with Crippen LogP contribution in [0.25, 0.3) is 0 Å². The zero-order valence-corrected chi connectivity index (χ0v) is 38.3. The Hall–Kier alpha value is -2.97. The third-order valence-corrected chi connectivity index (χ3v) is 20.7. The lowest BCUT2D eigenvalue weighted by Crippen LogP contribution is -2.73. The van der Waals surface area contributed by atoms with Crippen LogP contribution in [0.1, 0.15) is 123 Å². The van der Waals surface area contributed by atoms with Crippen LogP contribution in [0.3, 0.4) is 0 Å². The first-order valence-electron chi connectivity index (χ1n) is 24.7. The number of Topliss-reactive ketones (excluding diaryl/α,β-unsaturated/α-hetero) is 1. The van der Waals surface area contributed by atoms with Gasteiger partial charge in [0.15, 0.2) is 5.78 Å². The molecular weight excluding hydrogens is 789 g/mol. The molecule has 2 bridgehead atoms. The van der Waals surface area contributed by atoms with Crippen LogP contribution in [0, 0.1) is 74.9 Å². The summed E-state index contributed by atoms with van der Waals surface area (Å²) in [5.74, 6) is 8.34. The van der Waals surface area contributed by atoms with E-state index < -0.39 is 51.4 Å². The Balaban J connectivity index is 1.04. The van der Waals surface area contributed by atoms with E-state index in [1.807, 2.05) is 19.9 Å². The number of ether oxygens (including phenoxy) is 2. The number of fused-ring (bicyclic) bond motifs is 3. The lowest BCUT2D eigenvalue weighted by molar-refractivity contribution is -0.243. The number of epoxide rings is 1. The molecule has 17 unspecified atom stereocenters. The van der Waals surface area contributed by atoms with Crippen LogP contribution >= 0.6 is 0 Å². The van der Waals surface area contributed by atoms with Crippen molar-refractivity contribution in [3.8, 4) is 11.8 Å². The molecule has 3 aliphatic heterocycles. The Labute approximate surface area is 374 Å². The Morgan fingerprint density at radius 2 is 1.86 bits per heavy atom. The Morgan fingerprint density at radius 3 is 2.62 bits per heavy atom. The van der Waals surface area contributed by atoms with Gasteiger partial charge in [-0.05, 0) is 165 Å². The molecule has 7 aliphatic carbocycles. The van der Waals surface area contributed by atoms with Crippen molar-refractivity contribution in [1.82, 2.24) is 5.32 Å². The largest absolute Gasteiger partial charge is 0.396 e. The molecule has 0 aromatic heterocycles. The van der Waals surface area contributed by atoms with Crippen molar-refractivity contribution in [1.29, 1.82) is 0 Å². The number of carbonyl (C=O) groups excluding carboxylic acids is 1. The molecule has 10 aliphatic rings. The second-order valence-electron chi connectivity index (χ2n) is 23.7. The first-order valence-corrected chi connectivity index (χ1v) is 24.7. The van der Waals surface area contributed by atoms with Gasteiger partial charge in [-0.15, -0.1) is 0 Å². The van der Waals surface area contributed by atoms with E-state index in [4.69, 9.17) is 15.2 Å². The van der Waals surface area contributed by atoms with Gasteiger partial charge in [-0.1, -0.05) is 69.9 Å². The predicted molar refractivity (Wildman–Crippen MR) is 240 cm³/mol. The monoisotopic (exact) mass is 861 g/mol. The SMILES string of the molecule is CC1CCOC(C2OC2C(C)(O)C(C)(CO)CCC2=CCNC(N)=C2)(C2CC3CCC4=C5C6C7(CCc8ccccc8CC#CC(C7)C7CC(O)CC(C4=O)C76C)CC2(C)C53O)C1. The van der Waals surface area contributed by atoms with E-state index in [0.717, 1.165) is 68.1 Å². The molecule has 6 fully saturated rings. The standard InChI is InChI=1S/C54H72N2O7/c1-31-18-22-62-53(27-31,47-46(63-47)51(5,60)48(2,30-57)19-15-32-17-21-56-42(55)23-32)41-24-36-13-14-38-43-45-50(4)39(25-37(58)26-40(50)44(38)59)35-12-8-11-33-9-6-7-10-34(33)16-20-52(45,28-35)29-49(41,3)54(36,43)61/h6-7,9-10,17,23,31,35-37,39-41,45-47,56-58,60-61H,11,13-16,18-22,24-30,55H2,1-5H3. The van der Waals surface area contributed by atoms with Crippen LogP contribution in [0.2, 0.25) is 0 Å². The molecule has 2 saturated heterocycles. The molecule has 11 rings (SSSR count). The van der Waals surface area contributed by atoms with Crippen molar-refractivity contribution >= 4 is 5.78 Å². The van der Waals surface area contributed by atoms with E-state index >= 15 is 4.79 Å². The zero-order chi connectivity index (χ0) is 44.1. The number of hydrogen-bond acceptors (Lipinski definition) is 9. The maximum atomic E-state index is 15.3. The van der Waals surface area contributed by atoms with Crippen molar-refractivity contribution in [2.45, 2.75) is 160 Å². The molecule has 340 valence electrons. The van der Waals surface area contributed by atoms with Gasteiger partial charge in [0.05, 0.1) is 29.7 Å². The lowest BCUT2D eigenvalue weighted by atomic mass is 9.31. The van der Waals surface area contributed by atoms with Gasteiger partial charge in [0.2, 0.25) is 0 Å². The molecule has 1 aromatic rings. The summed E-state index contributed by atoms with van der Waals surface area (Å²) >= 11 is 0. The number of aryl methyl sites for hydroxylation is 1. The number of rotatable bonds is 8. The molecule has 1 spiro atoms. The van der Waals surface area contributed by atoms with Gasteiger partial charge in [-0.2, -0.15) is 0 Å². The fourth-order valence-electron chi connectivity index (χ4n) is 17.4. The smallest absolute Gasteiger partial charge is 0.162 e. The third-order valence-electron chi connectivity index (χ3n) is 20.7. The minimum absolute atomic E-state index is 0.0165. The molecule has 9 heteroatoms. The second kappa shape index (κ2) is 14.3. The van der Waals surface area contributed by atoms with Gasteiger partial charge in [0.25, 0.3) is 0 Å². The van der Waals surface area contributed by atoms with E-state index in [0.29, 0.717) is 63.4 Å². The molecule has 0 radical (unpaired) electrons. The Bertz CT molecular complexity index is 2250. The molecule has 7 N–H and O–H groups in total. The number of aliphatic hydroxyl groups excluding tert-OH is 2. The number of ketones is 1. The van der Waals surface area contributed by atoms with Crippen molar-refractivity contribution in [3.05, 3.63) is 70.1 Å². The normalized spacial score (nSPS) is 47.5. The summed E-state index contributed by atoms with van der Waals surface area (Å²) in [6, 6.07) is 8.79. The van der Waals surface area contributed by atoms with Gasteiger partial charge in [-0.25, -0.2) is 0 Å². The number of nitrogens with two attached hydrogens (primary N) is 1. The number of benzene rings is 1. The summed E-state index contributed by atoms with van der Waals surface area (Å²) in [7, 11) is 0. The summed E-state index contributed by atoms with van der Waals surface area (Å²) in [6.45, 7) is 11.9. The van der Waals surface area contributed by atoms with E-state index in [-0.39, 0.29) is 53.3 Å². The Kier molecular flexibility index (Phi) is 9.66. The minimum atomic E-state index is -1.39. The molecule has 9 nitrogen and oxygen atoms in total. The first kappa shape index (κ1) is 42.7. The predicted octanol–water partition coefficient (Wildman–Crippen LogP) is 6.46. The van der Waals surface area contributed by atoms with Crippen LogP contribution in [-0.2, 0) is 27.1 Å². The number of nitrogens with one attached hydrogen (secondary N) is 1. The third kappa shape index (κ3) is 5.73. The van der Waals surface area contributed by atoms with Gasteiger partial charge in [0, 0.05) is 42.2 Å². The van der Waals surface area contributed by atoms with E-state index in [2.05, 4.69) is 68.3 Å². The van der Waals surface area contributed by atoms with Crippen LogP contribution in [-0.4, -0.2) is 81.1 Å². The van der Waals surface area contributed by atoms with Gasteiger partial charge in [0.1, 0.15) is 17.8 Å². The lowest BCUT2D eigenvalue weighted by Gasteiger charge is -2.73. The molecule has 63 heavy (non-hydrogen) atoms. The highest BCUT2D eigenvalue weighted by molar-refractivity contribution is 6.01. The van der Waals surface area contributed by atoms with Crippen molar-refractivity contribution < 1.29 is 34.7 Å². The van der Waals surface area contributed by atoms with Crippen LogP contribution < -0.4 is 11.1 Å². The van der Waals surface area contributed by atoms with E-state index in [1.54, 1.807) is 0 Å². The van der Waals surface area contributed by atoms with Gasteiger partial charge in [-0.3, -0.25) is 4.79 Å². The highest BCUT2D eigenvalue weighted by atomic mass is 16.6. The van der Waals surface area contributed by atoms with Crippen molar-refractivity contribution in [2.24, 2.45) is 68.8 Å². The van der Waals surface area contributed by atoms with Gasteiger partial charge < -0.3 is 41.0 Å². The maximum absolute atomic E-state index is 15.3. The van der Waals surface area contributed by atoms with Gasteiger partial charge >= 0.3 is 0 Å². The second-order valence-corrected chi connectivity index (χ2v) is 23.7. The number of aliphatic hydroxyl groups is 4. The van der Waals surface area contributed by atoms with Crippen molar-refractivity contribution in [2.75, 3.05) is 19.8 Å². The van der Waals surface area contributed by atoms with Crippen molar-refractivity contribution in [3.63, 3.8) is 0 Å². The summed E-state index contributed by atoms with van der Waals surface area (Å²) in [4.78, 5) is 15.3. The molecule has 1 aromatic carbocycles. The molecule has 3 heterocycles. The minimum Gasteiger partial charge on any atom is -0.396 e. The topological polar surface area (TPSA) is 158 Å². The number of carbonyl (C=O) groups is 1. The summed E-state index contributed by atoms with van der Waals surface area (Å²) in [6.07, 6.45) is 13.0. The summed E-state index contributed by atoms with van der Waals surface area (Å²) in [5, 5.41) is 53.0. The highest BCUT2D eigenvalue weighted by Gasteiger charge is 2.82. The van der Waals surface area contributed by atoms with Crippen LogP contribution in [0.15, 0.2) is 59.0 Å². The van der Waals surface area contributed by atoms with Crippen LogP contribution in [0.4, 0.5) is 0 Å². The van der Waals surface area contributed by atoms with E-state index in [9.17, 15) is 20.4 Å². The first-order chi connectivity index (χ1) is 30.0. The highest BCUT2D eigenvalue weighted by Crippen LogP contribution is 2.81. The molecule has 17 atom stereocenters. The molecular formula is C54H72N2O7. The summed E-state index contributed by atoms with van der Waals surface area (Å²) < 4.78 is 14.3. The Morgan fingerprint density at radius 1 is 1.06 bits per heavy atom. The number of dihydropyridines is 1. The number of allylic oxidation sites excluding steroid dienone is 3. The fraction of sp³-hybridized carbons (Fsp3) is 0.722. The fourth-order valence-corrected chi connectivity index (χ4v) is 17.4. The van der Waals surface area contributed by atoms with Crippen LogP contribution in [0.5, 0.6) is 0 Å². The molecule has 0 amide bonds. The average Bonchev–Trinajstić information content (AvgIpc) is 4.04. The average molecular weight is 861 g/mol.